The van der Waals surface area contributed by atoms with E-state index in [9.17, 15) is 4.79 Å². The van der Waals surface area contributed by atoms with E-state index >= 15 is 0 Å². The Morgan fingerprint density at radius 2 is 1.86 bits per heavy atom. The molecule has 0 unspecified atom stereocenters. The molecule has 0 radical (unpaired) electrons. The lowest BCUT2D eigenvalue weighted by Gasteiger charge is -2.46. The van der Waals surface area contributed by atoms with Crippen LogP contribution in [0.2, 0.25) is 0 Å². The molecule has 190 valence electrons. The number of hydrogen-bond acceptors (Lipinski definition) is 9. The molecule has 2 aliphatic rings. The van der Waals surface area contributed by atoms with Crippen LogP contribution in [0.4, 0.5) is 5.95 Å². The lowest BCUT2D eigenvalue weighted by atomic mass is 9.84. The van der Waals surface area contributed by atoms with Crippen LogP contribution in [0.25, 0.3) is 11.3 Å². The maximum absolute atomic E-state index is 13.8. The van der Waals surface area contributed by atoms with Gasteiger partial charge in [0.1, 0.15) is 17.0 Å². The predicted octanol–water partition coefficient (Wildman–Crippen LogP) is 2.74. The number of oxazole rings is 1. The number of aromatic nitrogens is 3. The van der Waals surface area contributed by atoms with Gasteiger partial charge < -0.3 is 29.0 Å². The maximum Gasteiger partial charge on any atom is 0.243 e. The molecular weight excluding hydrogens is 460 g/mol. The number of piperazine rings is 1. The smallest absolute Gasteiger partial charge is 0.243 e. The van der Waals surface area contributed by atoms with Crippen LogP contribution in [-0.4, -0.2) is 71.7 Å². The Morgan fingerprint density at radius 1 is 1.06 bits per heavy atom. The second-order valence-corrected chi connectivity index (χ2v) is 9.31. The minimum Gasteiger partial charge on any atom is -0.497 e. The Labute approximate surface area is 210 Å². The van der Waals surface area contributed by atoms with E-state index in [2.05, 4.69) is 25.2 Å². The number of rotatable bonds is 6. The fourth-order valence-electron chi connectivity index (χ4n) is 5.06. The van der Waals surface area contributed by atoms with Gasteiger partial charge in [-0.1, -0.05) is 12.1 Å². The summed E-state index contributed by atoms with van der Waals surface area (Å²) in [6, 6.07) is 9.50. The van der Waals surface area contributed by atoms with Crippen LogP contribution in [0, 0.1) is 13.8 Å². The summed E-state index contributed by atoms with van der Waals surface area (Å²) in [5, 5.41) is 3.53. The van der Waals surface area contributed by atoms with Gasteiger partial charge in [0.25, 0.3) is 0 Å². The number of aryl methyl sites for hydroxylation is 2. The maximum atomic E-state index is 13.8. The van der Waals surface area contributed by atoms with Crippen molar-refractivity contribution in [3.8, 4) is 23.0 Å². The van der Waals surface area contributed by atoms with Crippen molar-refractivity contribution in [3.63, 3.8) is 0 Å². The first-order valence-corrected chi connectivity index (χ1v) is 12.2. The van der Waals surface area contributed by atoms with Crippen molar-refractivity contribution >= 4 is 11.9 Å². The number of benzene rings is 1. The minimum atomic E-state index is -0.600. The first-order chi connectivity index (χ1) is 17.4. The molecule has 2 aromatic heterocycles. The molecule has 0 saturated carbocycles. The first-order valence-electron chi connectivity index (χ1n) is 12.2. The number of carbonyl (C=O) groups is 1. The minimum absolute atomic E-state index is 0.105. The van der Waals surface area contributed by atoms with Gasteiger partial charge in [0.2, 0.25) is 17.7 Å². The summed E-state index contributed by atoms with van der Waals surface area (Å²) in [6.45, 7) is 6.85. The zero-order chi connectivity index (χ0) is 25.3. The van der Waals surface area contributed by atoms with Crippen molar-refractivity contribution in [1.29, 1.82) is 0 Å². The van der Waals surface area contributed by atoms with Crippen molar-refractivity contribution in [3.05, 3.63) is 47.6 Å². The molecule has 2 aliphatic heterocycles. The molecule has 4 heterocycles. The van der Waals surface area contributed by atoms with Gasteiger partial charge >= 0.3 is 0 Å². The van der Waals surface area contributed by atoms with Gasteiger partial charge in [-0.25, -0.2) is 9.97 Å². The van der Waals surface area contributed by atoms with Gasteiger partial charge in [-0.15, -0.1) is 0 Å². The van der Waals surface area contributed by atoms with Crippen LogP contribution in [0.3, 0.4) is 0 Å². The molecule has 5 rings (SSSR count). The van der Waals surface area contributed by atoms with Gasteiger partial charge in [0.15, 0.2) is 11.7 Å². The average Bonchev–Trinajstić information content (AvgIpc) is 3.26. The Kier molecular flexibility index (Phi) is 6.53. The molecule has 3 aromatic rings. The topological polar surface area (TPSA) is 106 Å². The molecule has 1 N–H and O–H groups in total. The van der Waals surface area contributed by atoms with Gasteiger partial charge in [-0.2, -0.15) is 4.98 Å². The molecule has 1 amide bonds. The molecule has 1 spiro atoms. The largest absolute Gasteiger partial charge is 0.497 e. The Morgan fingerprint density at radius 3 is 2.61 bits per heavy atom. The van der Waals surface area contributed by atoms with Crippen molar-refractivity contribution in [1.82, 2.24) is 25.2 Å². The quantitative estimate of drug-likeness (QED) is 0.556. The van der Waals surface area contributed by atoms with Crippen molar-refractivity contribution in [2.24, 2.45) is 0 Å². The molecule has 0 aliphatic carbocycles. The van der Waals surface area contributed by atoms with Crippen LogP contribution < -0.4 is 19.7 Å². The number of ether oxygens (including phenoxy) is 2. The summed E-state index contributed by atoms with van der Waals surface area (Å²) in [7, 11) is 3.24. The summed E-state index contributed by atoms with van der Waals surface area (Å²) in [5.41, 5.74) is 1.88. The molecule has 2 fully saturated rings. The molecule has 1 aromatic carbocycles. The van der Waals surface area contributed by atoms with E-state index in [0.29, 0.717) is 62.5 Å². The molecule has 10 heteroatoms. The molecule has 10 nitrogen and oxygen atoms in total. The SMILES string of the molecule is COc1cccc(-c2oc(C)nc2CN2CCNC3(CCN(c4nc(C)cc(OC)n4)CC3)C2=O)c1. The van der Waals surface area contributed by atoms with Gasteiger partial charge in [0.05, 0.1) is 20.8 Å². The molecular formula is C26H32N6O4. The normalized spacial score (nSPS) is 17.5. The fourth-order valence-corrected chi connectivity index (χ4v) is 5.06. The van der Waals surface area contributed by atoms with Crippen molar-refractivity contribution in [2.45, 2.75) is 38.8 Å². The van der Waals surface area contributed by atoms with E-state index in [1.54, 1.807) is 14.2 Å². The van der Waals surface area contributed by atoms with E-state index in [1.807, 2.05) is 49.1 Å². The number of carbonyl (C=O) groups excluding carboxylic acids is 1. The van der Waals surface area contributed by atoms with E-state index < -0.39 is 5.54 Å². The number of anilines is 1. The average molecular weight is 493 g/mol. The van der Waals surface area contributed by atoms with Crippen molar-refractivity contribution < 1.29 is 18.7 Å². The van der Waals surface area contributed by atoms with E-state index in [-0.39, 0.29) is 5.91 Å². The summed E-state index contributed by atoms with van der Waals surface area (Å²) in [4.78, 5) is 31.5. The highest BCUT2D eigenvalue weighted by Crippen LogP contribution is 2.32. The van der Waals surface area contributed by atoms with Crippen LogP contribution >= 0.6 is 0 Å². The summed E-state index contributed by atoms with van der Waals surface area (Å²) in [6.07, 6.45) is 1.34. The predicted molar refractivity (Wildman–Crippen MR) is 134 cm³/mol. The first kappa shape index (κ1) is 24.1. The van der Waals surface area contributed by atoms with Crippen molar-refractivity contribution in [2.75, 3.05) is 45.3 Å². The standard InChI is InChI=1S/C26H32N6O4/c1-17-14-22(35-4)30-25(28-17)31-11-8-26(9-12-31)24(33)32(13-10-27-26)16-21-23(36-18(2)29-21)19-6-5-7-20(15-19)34-3/h5-7,14-15,27H,8-13,16H2,1-4H3. The lowest BCUT2D eigenvalue weighted by Crippen LogP contribution is -2.67. The molecule has 0 atom stereocenters. The summed E-state index contributed by atoms with van der Waals surface area (Å²) >= 11 is 0. The van der Waals surface area contributed by atoms with Crippen LogP contribution in [0.1, 0.15) is 30.1 Å². The Hall–Kier alpha value is -3.66. The molecule has 36 heavy (non-hydrogen) atoms. The second-order valence-electron chi connectivity index (χ2n) is 9.31. The number of methoxy groups -OCH3 is 2. The Bertz CT molecular complexity index is 1250. The summed E-state index contributed by atoms with van der Waals surface area (Å²) in [5.74, 6) is 3.28. The van der Waals surface area contributed by atoms with E-state index in [0.717, 1.165) is 29.2 Å². The third kappa shape index (κ3) is 4.60. The zero-order valence-electron chi connectivity index (χ0n) is 21.2. The second kappa shape index (κ2) is 9.77. The summed E-state index contributed by atoms with van der Waals surface area (Å²) < 4.78 is 16.6. The van der Waals surface area contributed by atoms with Gasteiger partial charge in [-0.05, 0) is 31.9 Å². The monoisotopic (exact) mass is 492 g/mol. The third-order valence-electron chi connectivity index (χ3n) is 6.95. The van der Waals surface area contributed by atoms with E-state index in [1.165, 1.54) is 0 Å². The Balaban J connectivity index is 1.32. The number of hydrogen-bond donors (Lipinski definition) is 1. The van der Waals surface area contributed by atoms with Crippen LogP contribution in [-0.2, 0) is 11.3 Å². The van der Waals surface area contributed by atoms with Gasteiger partial charge in [-0.3, -0.25) is 4.79 Å². The van der Waals surface area contributed by atoms with Gasteiger partial charge in [0, 0.05) is 50.4 Å². The molecule has 2 saturated heterocycles. The number of amides is 1. The fraction of sp³-hybridized carbons (Fsp3) is 0.462. The third-order valence-corrected chi connectivity index (χ3v) is 6.95. The number of nitrogens with zero attached hydrogens (tertiary/aromatic N) is 5. The lowest BCUT2D eigenvalue weighted by molar-refractivity contribution is -0.143. The van der Waals surface area contributed by atoms with E-state index in [4.69, 9.17) is 13.9 Å². The number of nitrogens with one attached hydrogen (secondary N) is 1. The molecule has 0 bridgehead atoms. The highest BCUT2D eigenvalue weighted by atomic mass is 16.5. The highest BCUT2D eigenvalue weighted by Gasteiger charge is 2.46. The van der Waals surface area contributed by atoms with Crippen LogP contribution in [0.15, 0.2) is 34.7 Å². The van der Waals surface area contributed by atoms with Crippen LogP contribution in [0.5, 0.6) is 11.6 Å². The zero-order valence-corrected chi connectivity index (χ0v) is 21.2. The number of piperidine rings is 1. The highest BCUT2D eigenvalue weighted by molar-refractivity contribution is 5.87.